The second kappa shape index (κ2) is 5.38. The molecule has 0 spiro atoms. The molecule has 2 aromatic rings. The van der Waals surface area contributed by atoms with Crippen molar-refractivity contribution in [2.75, 3.05) is 26.0 Å². The quantitative estimate of drug-likeness (QED) is 0.885. The van der Waals surface area contributed by atoms with Gasteiger partial charge >= 0.3 is 6.18 Å². The van der Waals surface area contributed by atoms with E-state index in [0.29, 0.717) is 12.5 Å². The van der Waals surface area contributed by atoms with E-state index in [1.54, 1.807) is 0 Å². The Morgan fingerprint density at radius 3 is 2.68 bits per heavy atom. The Kier molecular flexibility index (Phi) is 3.67. The number of rotatable bonds is 5. The van der Waals surface area contributed by atoms with Crippen molar-refractivity contribution in [3.8, 4) is 0 Å². The van der Waals surface area contributed by atoms with Gasteiger partial charge in [-0.25, -0.2) is 9.97 Å². The van der Waals surface area contributed by atoms with Gasteiger partial charge in [0, 0.05) is 12.6 Å². The minimum absolute atomic E-state index is 0.0117. The van der Waals surface area contributed by atoms with Crippen molar-refractivity contribution >= 4 is 17.1 Å². The summed E-state index contributed by atoms with van der Waals surface area (Å²) in [5.74, 6) is 0.540. The molecule has 3 rings (SSSR count). The first-order chi connectivity index (χ1) is 10.4. The largest absolute Gasteiger partial charge is 0.435 e. The topological polar surface area (TPSA) is 69.7 Å². The molecule has 0 aliphatic heterocycles. The maximum absolute atomic E-state index is 13.1. The molecule has 1 unspecified atom stereocenters. The Hall–Kier alpha value is -1.90. The number of nitrogens with zero attached hydrogens (tertiary/aromatic N) is 4. The fourth-order valence-corrected chi connectivity index (χ4v) is 2.57. The number of H-pyrrole nitrogens is 1. The van der Waals surface area contributed by atoms with Crippen LogP contribution in [-0.2, 0) is 6.18 Å². The van der Waals surface area contributed by atoms with Crippen molar-refractivity contribution in [3.05, 3.63) is 12.0 Å². The fraction of sp³-hybridized carbons (Fsp3) is 0.615. The molecule has 0 saturated heterocycles. The smallest absolute Gasteiger partial charge is 0.353 e. The Morgan fingerprint density at radius 1 is 1.36 bits per heavy atom. The number of likely N-dealkylation sites (N-methyl/N-ethyl adjacent to an activating group) is 1. The molecule has 1 atom stereocenters. The van der Waals surface area contributed by atoms with Gasteiger partial charge in [0.05, 0.1) is 6.33 Å². The highest BCUT2D eigenvalue weighted by molar-refractivity contribution is 5.74. The lowest BCUT2D eigenvalue weighted by atomic mass is 10.1. The molecule has 1 saturated carbocycles. The van der Waals surface area contributed by atoms with Gasteiger partial charge in [-0.1, -0.05) is 0 Å². The van der Waals surface area contributed by atoms with Gasteiger partial charge in [-0.2, -0.15) is 18.2 Å². The van der Waals surface area contributed by atoms with Crippen molar-refractivity contribution < 1.29 is 13.2 Å². The summed E-state index contributed by atoms with van der Waals surface area (Å²) in [6.07, 6.45) is -1.07. The van der Waals surface area contributed by atoms with Crippen molar-refractivity contribution in [1.82, 2.24) is 24.8 Å². The summed E-state index contributed by atoms with van der Waals surface area (Å²) in [6, 6.07) is 0.257. The van der Waals surface area contributed by atoms with Crippen LogP contribution < -0.4 is 5.32 Å². The fourth-order valence-electron chi connectivity index (χ4n) is 2.57. The standard InChI is InChI=1S/C13H17F3N6/c1-22(2)8(7-3-4-7)5-17-12-20-10(13(14,15)16)9-11(21-12)19-6-18-9/h6-8H,3-5H2,1-2H3,(H2,17,18,19,20,21). The molecule has 22 heavy (non-hydrogen) atoms. The van der Waals surface area contributed by atoms with E-state index in [0.717, 1.165) is 12.8 Å². The number of nitrogens with one attached hydrogen (secondary N) is 2. The summed E-state index contributed by atoms with van der Waals surface area (Å²) in [4.78, 5) is 16.0. The number of alkyl halides is 3. The zero-order chi connectivity index (χ0) is 15.9. The van der Waals surface area contributed by atoms with Crippen LogP contribution in [0.15, 0.2) is 6.33 Å². The molecule has 1 aliphatic rings. The van der Waals surface area contributed by atoms with Gasteiger partial charge in [0.15, 0.2) is 11.3 Å². The van der Waals surface area contributed by atoms with Gasteiger partial charge in [-0.15, -0.1) is 0 Å². The molecule has 1 fully saturated rings. The molecule has 1 aliphatic carbocycles. The van der Waals surface area contributed by atoms with E-state index in [9.17, 15) is 13.2 Å². The first-order valence-corrected chi connectivity index (χ1v) is 7.05. The van der Waals surface area contributed by atoms with E-state index in [1.165, 1.54) is 6.33 Å². The number of aromatic amines is 1. The van der Waals surface area contributed by atoms with Crippen LogP contribution in [0.5, 0.6) is 0 Å². The van der Waals surface area contributed by atoms with Gasteiger partial charge in [0.1, 0.15) is 5.52 Å². The van der Waals surface area contributed by atoms with Gasteiger partial charge in [0.2, 0.25) is 5.95 Å². The molecule has 0 aromatic carbocycles. The summed E-state index contributed by atoms with van der Waals surface area (Å²) < 4.78 is 39.2. The van der Waals surface area contributed by atoms with Crippen LogP contribution in [0.1, 0.15) is 18.5 Å². The molecule has 0 bridgehead atoms. The van der Waals surface area contributed by atoms with Crippen molar-refractivity contribution in [2.45, 2.75) is 25.1 Å². The summed E-state index contributed by atoms with van der Waals surface area (Å²) in [5.41, 5.74) is -1.17. The average molecular weight is 314 g/mol. The predicted octanol–water partition coefficient (Wildman–Crippen LogP) is 2.12. The van der Waals surface area contributed by atoms with Crippen LogP contribution in [0.3, 0.4) is 0 Å². The average Bonchev–Trinajstić information content (AvgIpc) is 3.14. The number of hydrogen-bond donors (Lipinski definition) is 2. The zero-order valence-electron chi connectivity index (χ0n) is 12.3. The summed E-state index contributed by atoms with van der Waals surface area (Å²) >= 11 is 0. The molecule has 9 heteroatoms. The van der Waals surface area contributed by atoms with Crippen LogP contribution in [0.4, 0.5) is 19.1 Å². The number of fused-ring (bicyclic) bond motifs is 1. The number of imidazole rings is 1. The molecule has 0 radical (unpaired) electrons. The SMILES string of the molecule is CN(C)C(CNc1nc(C(F)(F)F)c2[nH]cnc2n1)C1CC1. The summed E-state index contributed by atoms with van der Waals surface area (Å²) in [6.45, 7) is 0.505. The maximum Gasteiger partial charge on any atom is 0.435 e. The van der Waals surface area contributed by atoms with E-state index in [4.69, 9.17) is 0 Å². The van der Waals surface area contributed by atoms with Crippen LogP contribution in [0.2, 0.25) is 0 Å². The second-order valence-corrected chi connectivity index (χ2v) is 5.74. The van der Waals surface area contributed by atoms with E-state index in [-0.39, 0.29) is 23.2 Å². The van der Waals surface area contributed by atoms with Crippen LogP contribution in [0.25, 0.3) is 11.2 Å². The summed E-state index contributed by atoms with van der Waals surface area (Å²) in [5, 5.41) is 2.92. The van der Waals surface area contributed by atoms with Crippen molar-refractivity contribution in [1.29, 1.82) is 0 Å². The molecule has 0 amide bonds. The lowest BCUT2D eigenvalue weighted by molar-refractivity contribution is -0.139. The Balaban J connectivity index is 1.84. The van der Waals surface area contributed by atoms with E-state index >= 15 is 0 Å². The third-order valence-corrected chi connectivity index (χ3v) is 3.85. The minimum Gasteiger partial charge on any atom is -0.353 e. The zero-order valence-corrected chi connectivity index (χ0v) is 12.3. The Morgan fingerprint density at radius 2 is 2.09 bits per heavy atom. The predicted molar refractivity (Wildman–Crippen MR) is 75.4 cm³/mol. The van der Waals surface area contributed by atoms with Gasteiger partial charge in [-0.05, 0) is 32.9 Å². The number of hydrogen-bond acceptors (Lipinski definition) is 5. The Bertz CT molecular complexity index is 659. The molecule has 2 aromatic heterocycles. The molecule has 6 nitrogen and oxygen atoms in total. The van der Waals surface area contributed by atoms with Crippen LogP contribution in [0, 0.1) is 5.92 Å². The van der Waals surface area contributed by atoms with E-state index < -0.39 is 11.9 Å². The molecular weight excluding hydrogens is 297 g/mol. The first-order valence-electron chi connectivity index (χ1n) is 7.05. The number of halogens is 3. The van der Waals surface area contributed by atoms with Crippen molar-refractivity contribution in [2.24, 2.45) is 5.92 Å². The highest BCUT2D eigenvalue weighted by Crippen LogP contribution is 2.35. The minimum atomic E-state index is -4.55. The maximum atomic E-state index is 13.1. The van der Waals surface area contributed by atoms with Crippen LogP contribution in [-0.4, -0.2) is 51.5 Å². The lowest BCUT2D eigenvalue weighted by Gasteiger charge is -2.24. The second-order valence-electron chi connectivity index (χ2n) is 5.74. The Labute approximate surface area is 125 Å². The number of anilines is 1. The molecule has 2 N–H and O–H groups in total. The molecule has 2 heterocycles. The molecule has 120 valence electrons. The van der Waals surface area contributed by atoms with E-state index in [1.807, 2.05) is 14.1 Å². The van der Waals surface area contributed by atoms with Crippen molar-refractivity contribution in [3.63, 3.8) is 0 Å². The van der Waals surface area contributed by atoms with Gasteiger partial charge in [0.25, 0.3) is 0 Å². The summed E-state index contributed by atoms with van der Waals surface area (Å²) in [7, 11) is 3.92. The van der Waals surface area contributed by atoms with Gasteiger partial charge in [-0.3, -0.25) is 0 Å². The molecular formula is C13H17F3N6. The van der Waals surface area contributed by atoms with E-state index in [2.05, 4.69) is 30.2 Å². The highest BCUT2D eigenvalue weighted by Gasteiger charge is 2.37. The normalized spacial score (nSPS) is 17.2. The van der Waals surface area contributed by atoms with Crippen LogP contribution >= 0.6 is 0 Å². The monoisotopic (exact) mass is 314 g/mol. The van der Waals surface area contributed by atoms with Gasteiger partial charge < -0.3 is 15.2 Å². The first kappa shape index (κ1) is 15.0. The third kappa shape index (κ3) is 2.99. The third-order valence-electron chi connectivity index (χ3n) is 3.85. The number of aromatic nitrogens is 4. The lowest BCUT2D eigenvalue weighted by Crippen LogP contribution is -2.36. The highest BCUT2D eigenvalue weighted by atomic mass is 19.4.